The SMILES string of the molecule is O=C(Nc1c(C(=O)c2ccc3c(c2)OCO3)oc2ccccc12)c1ccc(F)cc1. The Balaban J connectivity index is 1.56. The molecule has 1 amide bonds. The van der Waals surface area contributed by atoms with Gasteiger partial charge in [-0.25, -0.2) is 4.39 Å². The van der Waals surface area contributed by atoms with E-state index in [2.05, 4.69) is 5.32 Å². The van der Waals surface area contributed by atoms with Gasteiger partial charge in [-0.3, -0.25) is 9.59 Å². The number of carbonyl (C=O) groups is 2. The molecule has 0 radical (unpaired) electrons. The largest absolute Gasteiger partial charge is 0.454 e. The van der Waals surface area contributed by atoms with Gasteiger partial charge in [0, 0.05) is 16.5 Å². The minimum Gasteiger partial charge on any atom is -0.454 e. The summed E-state index contributed by atoms with van der Waals surface area (Å²) in [7, 11) is 0. The van der Waals surface area contributed by atoms with Gasteiger partial charge < -0.3 is 19.2 Å². The van der Waals surface area contributed by atoms with Gasteiger partial charge in [-0.15, -0.1) is 0 Å². The topological polar surface area (TPSA) is 77.8 Å². The van der Waals surface area contributed by atoms with Crippen molar-refractivity contribution in [2.24, 2.45) is 0 Å². The number of hydrogen-bond donors (Lipinski definition) is 1. The molecular weight excluding hydrogens is 389 g/mol. The fraction of sp³-hybridized carbons (Fsp3) is 0.0435. The van der Waals surface area contributed by atoms with E-state index in [1.54, 1.807) is 42.5 Å². The Labute approximate surface area is 169 Å². The summed E-state index contributed by atoms with van der Waals surface area (Å²) in [5, 5.41) is 3.32. The van der Waals surface area contributed by atoms with Crippen LogP contribution in [0.3, 0.4) is 0 Å². The standard InChI is InChI=1S/C23H14FNO5/c24-15-8-5-13(6-9-15)23(27)25-20-16-3-1-2-4-17(16)30-22(20)21(26)14-7-10-18-19(11-14)29-12-28-18/h1-11H,12H2,(H,25,27). The normalized spacial score (nSPS) is 12.2. The first-order chi connectivity index (χ1) is 14.6. The van der Waals surface area contributed by atoms with Gasteiger partial charge in [-0.05, 0) is 54.6 Å². The van der Waals surface area contributed by atoms with Crippen molar-refractivity contribution in [2.45, 2.75) is 0 Å². The number of hydrogen-bond acceptors (Lipinski definition) is 5. The summed E-state index contributed by atoms with van der Waals surface area (Å²) in [6, 6.07) is 17.0. The van der Waals surface area contributed by atoms with Gasteiger partial charge in [0.25, 0.3) is 5.91 Å². The maximum absolute atomic E-state index is 13.2. The van der Waals surface area contributed by atoms with Crippen LogP contribution >= 0.6 is 0 Å². The molecule has 0 saturated carbocycles. The molecule has 0 unspecified atom stereocenters. The molecule has 0 aliphatic carbocycles. The number of fused-ring (bicyclic) bond motifs is 2. The van der Waals surface area contributed by atoms with E-state index in [9.17, 15) is 14.0 Å². The van der Waals surface area contributed by atoms with Crippen molar-refractivity contribution in [3.05, 3.63) is 89.4 Å². The second kappa shape index (κ2) is 7.04. The number of para-hydroxylation sites is 1. The Morgan fingerprint density at radius 1 is 0.867 bits per heavy atom. The van der Waals surface area contributed by atoms with Crippen LogP contribution in [0, 0.1) is 5.82 Å². The van der Waals surface area contributed by atoms with Gasteiger partial charge in [-0.2, -0.15) is 0 Å². The van der Waals surface area contributed by atoms with Crippen LogP contribution in [-0.2, 0) is 0 Å². The van der Waals surface area contributed by atoms with Crippen LogP contribution < -0.4 is 14.8 Å². The average Bonchev–Trinajstić information content (AvgIpc) is 3.38. The molecule has 2 heterocycles. The molecule has 5 rings (SSSR count). The number of amides is 1. The van der Waals surface area contributed by atoms with Gasteiger partial charge >= 0.3 is 0 Å². The number of furan rings is 1. The molecule has 30 heavy (non-hydrogen) atoms. The third-order valence-electron chi connectivity index (χ3n) is 4.78. The lowest BCUT2D eigenvalue weighted by atomic mass is 10.1. The molecular formula is C23H14FNO5. The fourth-order valence-corrected chi connectivity index (χ4v) is 3.29. The molecule has 6 nitrogen and oxygen atoms in total. The molecule has 0 spiro atoms. The van der Waals surface area contributed by atoms with E-state index in [0.29, 0.717) is 28.0 Å². The Hall–Kier alpha value is -4.13. The van der Waals surface area contributed by atoms with Crippen molar-refractivity contribution in [2.75, 3.05) is 12.1 Å². The maximum atomic E-state index is 13.2. The van der Waals surface area contributed by atoms with Crippen molar-refractivity contribution in [3.63, 3.8) is 0 Å². The molecule has 7 heteroatoms. The number of rotatable bonds is 4. The van der Waals surface area contributed by atoms with E-state index >= 15 is 0 Å². The molecule has 1 N–H and O–H groups in total. The Kier molecular flexibility index (Phi) is 4.21. The summed E-state index contributed by atoms with van der Waals surface area (Å²) in [5.74, 6) is -0.334. The first-order valence-electron chi connectivity index (χ1n) is 9.13. The number of carbonyl (C=O) groups excluding carboxylic acids is 2. The third-order valence-corrected chi connectivity index (χ3v) is 4.78. The van der Waals surface area contributed by atoms with Crippen LogP contribution in [0.2, 0.25) is 0 Å². The van der Waals surface area contributed by atoms with Crippen molar-refractivity contribution in [1.82, 2.24) is 0 Å². The zero-order valence-electron chi connectivity index (χ0n) is 15.5. The molecule has 0 fully saturated rings. The van der Waals surface area contributed by atoms with E-state index in [0.717, 1.165) is 0 Å². The first-order valence-corrected chi connectivity index (χ1v) is 9.13. The summed E-state index contributed by atoms with van der Waals surface area (Å²) in [6.45, 7) is 0.0938. The molecule has 3 aromatic carbocycles. The number of halogens is 1. The minimum atomic E-state index is -0.485. The van der Waals surface area contributed by atoms with Crippen LogP contribution in [0.15, 0.2) is 71.1 Å². The van der Waals surface area contributed by atoms with Crippen molar-refractivity contribution < 1.29 is 27.9 Å². The Morgan fingerprint density at radius 3 is 2.43 bits per heavy atom. The van der Waals surface area contributed by atoms with Crippen molar-refractivity contribution in [3.8, 4) is 11.5 Å². The third kappa shape index (κ3) is 3.06. The van der Waals surface area contributed by atoms with Crippen LogP contribution in [0.5, 0.6) is 11.5 Å². The van der Waals surface area contributed by atoms with Crippen molar-refractivity contribution >= 4 is 28.3 Å². The zero-order valence-corrected chi connectivity index (χ0v) is 15.5. The lowest BCUT2D eigenvalue weighted by Gasteiger charge is -2.07. The van der Waals surface area contributed by atoms with E-state index in [1.165, 1.54) is 24.3 Å². The number of ketones is 1. The predicted molar refractivity (Wildman–Crippen MR) is 107 cm³/mol. The monoisotopic (exact) mass is 403 g/mol. The van der Waals surface area contributed by atoms with Gasteiger partial charge in [0.2, 0.25) is 12.6 Å². The highest BCUT2D eigenvalue weighted by Gasteiger charge is 2.25. The summed E-state index contributed by atoms with van der Waals surface area (Å²) in [6.07, 6.45) is 0. The molecule has 1 aromatic heterocycles. The second-order valence-electron chi connectivity index (χ2n) is 6.66. The number of benzene rings is 3. The maximum Gasteiger partial charge on any atom is 0.255 e. The zero-order chi connectivity index (χ0) is 20.7. The second-order valence-corrected chi connectivity index (χ2v) is 6.66. The first kappa shape index (κ1) is 17.9. The molecule has 1 aliphatic rings. The molecule has 0 saturated heterocycles. The number of nitrogens with one attached hydrogen (secondary N) is 1. The molecule has 4 aromatic rings. The minimum absolute atomic E-state index is 0.00877. The number of anilines is 1. The number of ether oxygens (including phenoxy) is 2. The van der Waals surface area contributed by atoms with Crippen LogP contribution in [0.4, 0.5) is 10.1 Å². The highest BCUT2D eigenvalue weighted by atomic mass is 19.1. The van der Waals surface area contributed by atoms with Gasteiger partial charge in [0.1, 0.15) is 11.4 Å². The molecule has 0 bridgehead atoms. The smallest absolute Gasteiger partial charge is 0.255 e. The van der Waals surface area contributed by atoms with E-state index in [1.807, 2.05) is 0 Å². The molecule has 0 atom stereocenters. The highest BCUT2D eigenvalue weighted by molar-refractivity contribution is 6.19. The van der Waals surface area contributed by atoms with Crippen molar-refractivity contribution in [1.29, 1.82) is 0 Å². The van der Waals surface area contributed by atoms with Crippen LogP contribution in [0.25, 0.3) is 11.0 Å². The lowest BCUT2D eigenvalue weighted by Crippen LogP contribution is -2.14. The Bertz CT molecular complexity index is 1290. The fourth-order valence-electron chi connectivity index (χ4n) is 3.29. The van der Waals surface area contributed by atoms with Crippen LogP contribution in [-0.4, -0.2) is 18.5 Å². The molecule has 148 valence electrons. The summed E-state index contributed by atoms with van der Waals surface area (Å²) in [4.78, 5) is 25.9. The van der Waals surface area contributed by atoms with Gasteiger partial charge in [-0.1, -0.05) is 12.1 Å². The summed E-state index contributed by atoms with van der Waals surface area (Å²) >= 11 is 0. The van der Waals surface area contributed by atoms with Gasteiger partial charge in [0.05, 0.1) is 5.69 Å². The Morgan fingerprint density at radius 2 is 1.60 bits per heavy atom. The van der Waals surface area contributed by atoms with E-state index in [-0.39, 0.29) is 23.8 Å². The van der Waals surface area contributed by atoms with E-state index in [4.69, 9.17) is 13.9 Å². The quantitative estimate of drug-likeness (QED) is 0.496. The summed E-state index contributed by atoms with van der Waals surface area (Å²) < 4.78 is 29.6. The van der Waals surface area contributed by atoms with E-state index < -0.39 is 17.5 Å². The molecule has 1 aliphatic heterocycles. The predicted octanol–water partition coefficient (Wildman–Crippen LogP) is 4.78. The van der Waals surface area contributed by atoms with Gasteiger partial charge in [0.15, 0.2) is 17.3 Å². The lowest BCUT2D eigenvalue weighted by molar-refractivity contribution is 0.101. The highest BCUT2D eigenvalue weighted by Crippen LogP contribution is 2.36. The average molecular weight is 403 g/mol. The summed E-state index contributed by atoms with van der Waals surface area (Å²) in [5.41, 5.74) is 1.29. The van der Waals surface area contributed by atoms with Crippen LogP contribution in [0.1, 0.15) is 26.5 Å².